The Morgan fingerprint density at radius 3 is 2.68 bits per heavy atom. The number of carbonyl (C=O) groups excluding carboxylic acids is 1. The predicted octanol–water partition coefficient (Wildman–Crippen LogP) is 5.32. The summed E-state index contributed by atoms with van der Waals surface area (Å²) in [6, 6.07) is 10.6. The van der Waals surface area contributed by atoms with Gasteiger partial charge in [0.25, 0.3) is 5.91 Å². The fourth-order valence-electron chi connectivity index (χ4n) is 1.63. The maximum Gasteiger partial charge on any atom is 0.256 e. The first-order valence-corrected chi connectivity index (χ1v) is 7.05. The summed E-state index contributed by atoms with van der Waals surface area (Å²) in [5, 5.41) is 3.51. The highest BCUT2D eigenvalue weighted by Gasteiger charge is 2.12. The Balaban J connectivity index is 2.31. The highest BCUT2D eigenvalue weighted by Crippen LogP contribution is 2.30. The van der Waals surface area contributed by atoms with E-state index in [1.807, 2.05) is 19.1 Å². The Bertz CT molecular complexity index is 643. The van der Waals surface area contributed by atoms with Gasteiger partial charge in [-0.2, -0.15) is 0 Å². The summed E-state index contributed by atoms with van der Waals surface area (Å²) >= 11 is 15.3. The van der Waals surface area contributed by atoms with E-state index < -0.39 is 0 Å². The number of hydrogen-bond donors (Lipinski definition) is 1. The molecule has 1 amide bonds. The third-order valence-corrected chi connectivity index (χ3v) is 3.96. The van der Waals surface area contributed by atoms with Gasteiger partial charge in [0.2, 0.25) is 0 Å². The molecule has 0 saturated carbocycles. The maximum atomic E-state index is 12.2. The monoisotopic (exact) mass is 357 g/mol. The first kappa shape index (κ1) is 14.4. The molecule has 0 saturated heterocycles. The third kappa shape index (κ3) is 3.30. The summed E-state index contributed by atoms with van der Waals surface area (Å²) < 4.78 is 0.848. The van der Waals surface area contributed by atoms with Gasteiger partial charge >= 0.3 is 0 Å². The number of aryl methyl sites for hydroxylation is 1. The van der Waals surface area contributed by atoms with Gasteiger partial charge in [0.1, 0.15) is 0 Å². The van der Waals surface area contributed by atoms with Crippen molar-refractivity contribution < 1.29 is 4.79 Å². The molecule has 0 aliphatic heterocycles. The van der Waals surface area contributed by atoms with Crippen molar-refractivity contribution in [1.29, 1.82) is 0 Å². The van der Waals surface area contributed by atoms with E-state index in [1.165, 1.54) is 0 Å². The zero-order valence-corrected chi connectivity index (χ0v) is 13.1. The number of hydrogen-bond acceptors (Lipinski definition) is 1. The molecule has 0 radical (unpaired) electrons. The molecule has 1 N–H and O–H groups in total. The number of halogens is 3. The Hall–Kier alpha value is -1.03. The number of nitrogens with one attached hydrogen (secondary N) is 1. The molecule has 0 unspecified atom stereocenters. The Kier molecular flexibility index (Phi) is 4.50. The van der Waals surface area contributed by atoms with Crippen LogP contribution in [0.25, 0.3) is 0 Å². The summed E-state index contributed by atoms with van der Waals surface area (Å²) in [5.41, 5.74) is 1.97. The third-order valence-electron chi connectivity index (χ3n) is 2.64. The van der Waals surface area contributed by atoms with Crippen LogP contribution in [-0.4, -0.2) is 5.91 Å². The molecule has 2 aromatic carbocycles. The summed E-state index contributed by atoms with van der Waals surface area (Å²) in [4.78, 5) is 12.2. The van der Waals surface area contributed by atoms with Crippen molar-refractivity contribution in [3.63, 3.8) is 0 Å². The topological polar surface area (TPSA) is 29.1 Å². The largest absolute Gasteiger partial charge is 0.321 e. The number of amides is 1. The lowest BCUT2D eigenvalue weighted by Gasteiger charge is -2.10. The molecule has 0 bridgehead atoms. The lowest BCUT2D eigenvalue weighted by Crippen LogP contribution is -2.13. The van der Waals surface area contributed by atoms with E-state index >= 15 is 0 Å². The van der Waals surface area contributed by atoms with Gasteiger partial charge in [-0.25, -0.2) is 0 Å². The molecule has 0 fully saturated rings. The first-order valence-electron chi connectivity index (χ1n) is 5.50. The van der Waals surface area contributed by atoms with Crippen molar-refractivity contribution in [2.75, 3.05) is 5.32 Å². The van der Waals surface area contributed by atoms with E-state index in [1.54, 1.807) is 24.3 Å². The molecular weight excluding hydrogens is 349 g/mol. The average Bonchev–Trinajstić information content (AvgIpc) is 2.38. The second-order valence-electron chi connectivity index (χ2n) is 4.01. The Labute approximate surface area is 129 Å². The van der Waals surface area contributed by atoms with Crippen LogP contribution < -0.4 is 5.32 Å². The van der Waals surface area contributed by atoms with E-state index in [4.69, 9.17) is 23.2 Å². The van der Waals surface area contributed by atoms with Crippen LogP contribution in [0.5, 0.6) is 0 Å². The highest BCUT2D eigenvalue weighted by molar-refractivity contribution is 9.10. The lowest BCUT2D eigenvalue weighted by atomic mass is 10.1. The van der Waals surface area contributed by atoms with Crippen LogP contribution in [0.2, 0.25) is 10.0 Å². The maximum absolute atomic E-state index is 12.2. The normalized spacial score (nSPS) is 10.3. The fraction of sp³-hybridized carbons (Fsp3) is 0.0714. The number of rotatable bonds is 2. The molecule has 0 atom stereocenters. The Morgan fingerprint density at radius 1 is 1.21 bits per heavy atom. The van der Waals surface area contributed by atoms with E-state index in [-0.39, 0.29) is 5.91 Å². The Morgan fingerprint density at radius 2 is 1.95 bits per heavy atom. The summed E-state index contributed by atoms with van der Waals surface area (Å²) in [5.74, 6) is -0.219. The van der Waals surface area contributed by atoms with Crippen LogP contribution in [0.3, 0.4) is 0 Å². The van der Waals surface area contributed by atoms with Gasteiger partial charge in [-0.05, 0) is 36.8 Å². The zero-order chi connectivity index (χ0) is 14.0. The molecule has 19 heavy (non-hydrogen) atoms. The van der Waals surface area contributed by atoms with Gasteiger partial charge in [-0.1, -0.05) is 51.3 Å². The minimum Gasteiger partial charge on any atom is -0.321 e. The predicted molar refractivity (Wildman–Crippen MR) is 83.3 cm³/mol. The molecule has 0 heterocycles. The first-order chi connectivity index (χ1) is 8.99. The van der Waals surface area contributed by atoms with Crippen LogP contribution in [-0.2, 0) is 0 Å². The van der Waals surface area contributed by atoms with Gasteiger partial charge < -0.3 is 5.32 Å². The van der Waals surface area contributed by atoms with Gasteiger partial charge in [0.15, 0.2) is 0 Å². The minimum atomic E-state index is -0.219. The van der Waals surface area contributed by atoms with Crippen molar-refractivity contribution in [3.05, 3.63) is 62.0 Å². The summed E-state index contributed by atoms with van der Waals surface area (Å²) in [7, 11) is 0. The molecule has 0 aliphatic rings. The van der Waals surface area contributed by atoms with Crippen molar-refractivity contribution in [2.45, 2.75) is 6.92 Å². The molecular formula is C14H10BrCl2NO. The number of anilines is 1. The van der Waals surface area contributed by atoms with Crippen LogP contribution in [0.15, 0.2) is 40.9 Å². The van der Waals surface area contributed by atoms with E-state index in [0.717, 1.165) is 10.0 Å². The van der Waals surface area contributed by atoms with Crippen molar-refractivity contribution in [3.8, 4) is 0 Å². The van der Waals surface area contributed by atoms with Gasteiger partial charge in [0.05, 0.1) is 15.7 Å². The smallest absolute Gasteiger partial charge is 0.256 e. The number of carbonyl (C=O) groups is 1. The fourth-order valence-corrected chi connectivity index (χ4v) is 2.34. The van der Waals surface area contributed by atoms with Gasteiger partial charge in [-0.15, -0.1) is 0 Å². The molecule has 2 nitrogen and oxygen atoms in total. The van der Waals surface area contributed by atoms with E-state index in [2.05, 4.69) is 21.2 Å². The zero-order valence-electron chi connectivity index (χ0n) is 10.0. The SMILES string of the molecule is Cc1ccc(Br)cc1C(=O)Nc1cccc(Cl)c1Cl. The van der Waals surface area contributed by atoms with Crippen molar-refractivity contribution in [2.24, 2.45) is 0 Å². The molecule has 2 aromatic rings. The van der Waals surface area contributed by atoms with Crippen LogP contribution in [0.1, 0.15) is 15.9 Å². The quantitative estimate of drug-likeness (QED) is 0.773. The second kappa shape index (κ2) is 5.95. The standard InChI is InChI=1S/C14H10BrCl2NO/c1-8-5-6-9(15)7-10(8)14(19)18-12-4-2-3-11(16)13(12)17/h2-7H,1H3,(H,18,19). The molecule has 0 spiro atoms. The van der Waals surface area contributed by atoms with Crippen LogP contribution in [0.4, 0.5) is 5.69 Å². The minimum absolute atomic E-state index is 0.219. The van der Waals surface area contributed by atoms with Crippen molar-refractivity contribution >= 4 is 50.7 Å². The van der Waals surface area contributed by atoms with Crippen molar-refractivity contribution in [1.82, 2.24) is 0 Å². The molecule has 98 valence electrons. The molecule has 0 aromatic heterocycles. The summed E-state index contributed by atoms with van der Waals surface area (Å²) in [6.07, 6.45) is 0. The number of benzene rings is 2. The molecule has 2 rings (SSSR count). The molecule has 5 heteroatoms. The van der Waals surface area contributed by atoms with Crippen LogP contribution in [0, 0.1) is 6.92 Å². The van der Waals surface area contributed by atoms with E-state index in [9.17, 15) is 4.79 Å². The van der Waals surface area contributed by atoms with Gasteiger partial charge in [-0.3, -0.25) is 4.79 Å². The van der Waals surface area contributed by atoms with Gasteiger partial charge in [0, 0.05) is 10.0 Å². The van der Waals surface area contributed by atoms with E-state index in [0.29, 0.717) is 21.3 Å². The highest BCUT2D eigenvalue weighted by atomic mass is 79.9. The second-order valence-corrected chi connectivity index (χ2v) is 5.72. The van der Waals surface area contributed by atoms with Crippen LogP contribution >= 0.6 is 39.1 Å². The lowest BCUT2D eigenvalue weighted by molar-refractivity contribution is 0.102. The summed E-state index contributed by atoms with van der Waals surface area (Å²) in [6.45, 7) is 1.88. The average molecular weight is 359 g/mol. The molecule has 0 aliphatic carbocycles.